The molecule has 0 aromatic heterocycles. The van der Waals surface area contributed by atoms with Gasteiger partial charge in [-0.1, -0.05) is 12.1 Å². The van der Waals surface area contributed by atoms with Crippen molar-refractivity contribution in [2.75, 3.05) is 27.7 Å². The first-order chi connectivity index (χ1) is 9.43. The molecule has 0 fully saturated rings. The summed E-state index contributed by atoms with van der Waals surface area (Å²) in [5.41, 5.74) is 6.73. The summed E-state index contributed by atoms with van der Waals surface area (Å²) in [6.45, 7) is 2.37. The largest absolute Gasteiger partial charge is 0.497 e. The number of ether oxygens (including phenoxy) is 1. The van der Waals surface area contributed by atoms with E-state index in [0.29, 0.717) is 13.0 Å². The number of hydrogen-bond donors (Lipinski definition) is 2. The van der Waals surface area contributed by atoms with Crippen LogP contribution in [0.3, 0.4) is 0 Å². The molecule has 5 nitrogen and oxygen atoms in total. The Labute approximate surface area is 145 Å². The Morgan fingerprint density at radius 3 is 2.50 bits per heavy atom. The van der Waals surface area contributed by atoms with Crippen molar-refractivity contribution in [3.63, 3.8) is 0 Å². The lowest BCUT2D eigenvalue weighted by Gasteiger charge is -2.25. The Morgan fingerprint density at radius 2 is 2.00 bits per heavy atom. The number of nitrogens with one attached hydrogen (secondary N) is 1. The van der Waals surface area contributed by atoms with Crippen LogP contribution in [-0.2, 0) is 4.79 Å². The van der Waals surface area contributed by atoms with Gasteiger partial charge in [0.05, 0.1) is 13.2 Å². The lowest BCUT2D eigenvalue weighted by molar-refractivity contribution is -0.121. The second-order valence-electron chi connectivity index (χ2n) is 5.24. The fraction of sp³-hybridized carbons (Fsp3) is 0.533. The molecule has 0 heterocycles. The van der Waals surface area contributed by atoms with E-state index in [0.717, 1.165) is 11.3 Å². The van der Waals surface area contributed by atoms with Crippen molar-refractivity contribution in [3.05, 3.63) is 29.8 Å². The van der Waals surface area contributed by atoms with Crippen LogP contribution in [0.15, 0.2) is 24.3 Å². The zero-order valence-corrected chi connectivity index (χ0v) is 15.2. The normalized spacial score (nSPS) is 12.6. The van der Waals surface area contributed by atoms with E-state index >= 15 is 0 Å². The number of hydrogen-bond acceptors (Lipinski definition) is 4. The molecule has 2 unspecified atom stereocenters. The van der Waals surface area contributed by atoms with Gasteiger partial charge in [0.1, 0.15) is 5.75 Å². The lowest BCUT2D eigenvalue weighted by atomic mass is 10.1. The van der Waals surface area contributed by atoms with E-state index in [1.807, 2.05) is 45.3 Å². The number of benzene rings is 1. The summed E-state index contributed by atoms with van der Waals surface area (Å²) < 4.78 is 5.24. The maximum Gasteiger partial charge on any atom is 0.221 e. The van der Waals surface area contributed by atoms with Crippen LogP contribution in [0.25, 0.3) is 0 Å². The van der Waals surface area contributed by atoms with Crippen LogP contribution >= 0.6 is 24.8 Å². The fourth-order valence-corrected chi connectivity index (χ4v) is 2.02. The quantitative estimate of drug-likeness (QED) is 0.788. The highest BCUT2D eigenvalue weighted by Crippen LogP contribution is 2.22. The van der Waals surface area contributed by atoms with Crippen LogP contribution in [0.5, 0.6) is 5.75 Å². The van der Waals surface area contributed by atoms with Gasteiger partial charge < -0.3 is 20.7 Å². The molecule has 0 radical (unpaired) electrons. The van der Waals surface area contributed by atoms with Crippen LogP contribution in [-0.4, -0.2) is 44.6 Å². The van der Waals surface area contributed by atoms with Gasteiger partial charge in [0.2, 0.25) is 5.91 Å². The molecule has 128 valence electrons. The predicted octanol–water partition coefficient (Wildman–Crippen LogP) is 2.00. The second-order valence-corrected chi connectivity index (χ2v) is 5.24. The van der Waals surface area contributed by atoms with Gasteiger partial charge in [-0.15, -0.1) is 24.8 Å². The molecule has 1 rings (SSSR count). The van der Waals surface area contributed by atoms with Gasteiger partial charge in [-0.25, -0.2) is 0 Å². The van der Waals surface area contributed by atoms with Gasteiger partial charge in [-0.05, 0) is 38.7 Å². The Kier molecular flexibility index (Phi) is 12.2. The molecule has 0 saturated heterocycles. The number of rotatable bonds is 7. The molecule has 1 aromatic rings. The molecule has 0 aliphatic carbocycles. The van der Waals surface area contributed by atoms with Crippen molar-refractivity contribution in [1.82, 2.24) is 10.2 Å². The predicted molar refractivity (Wildman–Crippen MR) is 95.2 cm³/mol. The molecule has 1 amide bonds. The Balaban J connectivity index is 0. The van der Waals surface area contributed by atoms with E-state index in [1.54, 1.807) is 7.11 Å². The minimum atomic E-state index is -0.121. The van der Waals surface area contributed by atoms with E-state index in [2.05, 4.69) is 10.2 Å². The first kappa shape index (κ1) is 23.3. The summed E-state index contributed by atoms with van der Waals surface area (Å²) >= 11 is 0. The molecular formula is C15H27Cl2N3O2. The molecule has 7 heteroatoms. The van der Waals surface area contributed by atoms with Gasteiger partial charge in [-0.3, -0.25) is 4.79 Å². The minimum absolute atomic E-state index is 0. The summed E-state index contributed by atoms with van der Waals surface area (Å²) in [7, 11) is 5.62. The standard InChI is InChI=1S/C15H25N3O2.2ClH/c1-11(16)8-15(19)17-10-14(18(2)3)12-6-5-7-13(9-12)20-4;;/h5-7,9,11,14H,8,10,16H2,1-4H3,(H,17,19);2*1H. The average molecular weight is 352 g/mol. The summed E-state index contributed by atoms with van der Waals surface area (Å²) in [4.78, 5) is 13.8. The van der Waals surface area contributed by atoms with E-state index in [1.165, 1.54) is 0 Å². The second kappa shape index (κ2) is 11.5. The highest BCUT2D eigenvalue weighted by molar-refractivity contribution is 5.85. The summed E-state index contributed by atoms with van der Waals surface area (Å²) in [6.07, 6.45) is 0.345. The number of methoxy groups -OCH3 is 1. The first-order valence-corrected chi connectivity index (χ1v) is 6.76. The van der Waals surface area contributed by atoms with Crippen LogP contribution in [0, 0.1) is 0 Å². The molecule has 0 saturated carbocycles. The van der Waals surface area contributed by atoms with Crippen molar-refractivity contribution in [3.8, 4) is 5.75 Å². The maximum atomic E-state index is 11.7. The third-order valence-corrected chi connectivity index (χ3v) is 3.10. The Bertz CT molecular complexity index is 443. The SMILES string of the molecule is COc1cccc(C(CNC(=O)CC(C)N)N(C)C)c1.Cl.Cl. The number of nitrogens with two attached hydrogens (primary N) is 1. The number of likely N-dealkylation sites (N-methyl/N-ethyl adjacent to an activating group) is 1. The van der Waals surface area contributed by atoms with Gasteiger partial charge in [0.25, 0.3) is 0 Å². The van der Waals surface area contributed by atoms with Gasteiger partial charge in [0.15, 0.2) is 0 Å². The molecule has 0 aliphatic heterocycles. The van der Waals surface area contributed by atoms with Gasteiger partial charge in [0, 0.05) is 19.0 Å². The number of carbonyl (C=O) groups excluding carboxylic acids is 1. The zero-order valence-electron chi connectivity index (χ0n) is 13.5. The molecule has 0 bridgehead atoms. The van der Waals surface area contributed by atoms with Crippen LogP contribution < -0.4 is 15.8 Å². The number of nitrogens with zero attached hydrogens (tertiary/aromatic N) is 1. The molecule has 0 aliphatic rings. The Morgan fingerprint density at radius 1 is 1.36 bits per heavy atom. The maximum absolute atomic E-state index is 11.7. The topological polar surface area (TPSA) is 67.6 Å². The smallest absolute Gasteiger partial charge is 0.221 e. The van der Waals surface area contributed by atoms with E-state index in [-0.39, 0.29) is 42.8 Å². The number of halogens is 2. The molecule has 2 atom stereocenters. The van der Waals surface area contributed by atoms with Crippen LogP contribution in [0.4, 0.5) is 0 Å². The molecule has 22 heavy (non-hydrogen) atoms. The number of amides is 1. The lowest BCUT2D eigenvalue weighted by Crippen LogP contribution is -2.36. The van der Waals surface area contributed by atoms with Crippen LogP contribution in [0.2, 0.25) is 0 Å². The van der Waals surface area contributed by atoms with Crippen molar-refractivity contribution >= 4 is 30.7 Å². The first-order valence-electron chi connectivity index (χ1n) is 6.76. The zero-order chi connectivity index (χ0) is 15.1. The number of carbonyl (C=O) groups is 1. The monoisotopic (exact) mass is 351 g/mol. The third kappa shape index (κ3) is 7.84. The summed E-state index contributed by atoms with van der Waals surface area (Å²) in [6, 6.07) is 7.86. The Hall–Kier alpha value is -1.01. The average Bonchev–Trinajstić information content (AvgIpc) is 2.38. The van der Waals surface area contributed by atoms with Crippen LogP contribution in [0.1, 0.15) is 24.9 Å². The molecular weight excluding hydrogens is 325 g/mol. The van der Waals surface area contributed by atoms with E-state index < -0.39 is 0 Å². The van der Waals surface area contributed by atoms with Crippen molar-refractivity contribution < 1.29 is 9.53 Å². The summed E-state index contributed by atoms with van der Waals surface area (Å²) in [5.74, 6) is 0.797. The van der Waals surface area contributed by atoms with Crippen molar-refractivity contribution in [2.24, 2.45) is 5.73 Å². The highest BCUT2D eigenvalue weighted by Gasteiger charge is 2.16. The molecule has 0 spiro atoms. The van der Waals surface area contributed by atoms with Crippen molar-refractivity contribution in [1.29, 1.82) is 0 Å². The van der Waals surface area contributed by atoms with Crippen molar-refractivity contribution in [2.45, 2.75) is 25.4 Å². The third-order valence-electron chi connectivity index (χ3n) is 3.10. The summed E-state index contributed by atoms with van der Waals surface area (Å²) in [5, 5.41) is 2.93. The van der Waals surface area contributed by atoms with Gasteiger partial charge in [-0.2, -0.15) is 0 Å². The van der Waals surface area contributed by atoms with E-state index in [4.69, 9.17) is 10.5 Å². The fourth-order valence-electron chi connectivity index (χ4n) is 2.02. The minimum Gasteiger partial charge on any atom is -0.497 e. The molecule has 3 N–H and O–H groups in total. The highest BCUT2D eigenvalue weighted by atomic mass is 35.5. The van der Waals surface area contributed by atoms with Gasteiger partial charge >= 0.3 is 0 Å². The van der Waals surface area contributed by atoms with E-state index in [9.17, 15) is 4.79 Å². The molecule has 1 aromatic carbocycles.